The van der Waals surface area contributed by atoms with Gasteiger partial charge in [-0.1, -0.05) is 39.0 Å². The normalized spacial score (nSPS) is 13.6. The molecule has 0 saturated carbocycles. The average molecular weight is 320 g/mol. The van der Waals surface area contributed by atoms with Crippen molar-refractivity contribution in [2.24, 2.45) is 5.73 Å². The van der Waals surface area contributed by atoms with Crippen molar-refractivity contribution in [2.45, 2.75) is 84.7 Å². The van der Waals surface area contributed by atoms with Gasteiger partial charge >= 0.3 is 8.80 Å². The number of hydrogen-bond donors (Lipinski definition) is 1. The summed E-state index contributed by atoms with van der Waals surface area (Å²) in [6.45, 7) is 10.1. The third-order valence-corrected chi connectivity index (χ3v) is 6.68. The van der Waals surface area contributed by atoms with Crippen molar-refractivity contribution < 1.29 is 13.3 Å². The molecule has 1 unspecified atom stereocenters. The summed E-state index contributed by atoms with van der Waals surface area (Å²) in [6, 6.07) is 1.07. The molecule has 0 fully saturated rings. The Morgan fingerprint density at radius 1 is 0.762 bits per heavy atom. The lowest BCUT2D eigenvalue weighted by Crippen LogP contribution is -2.46. The van der Waals surface area contributed by atoms with Crippen LogP contribution in [0.25, 0.3) is 0 Å². The Morgan fingerprint density at radius 3 is 1.76 bits per heavy atom. The van der Waals surface area contributed by atoms with E-state index in [9.17, 15) is 0 Å². The highest BCUT2D eigenvalue weighted by Gasteiger charge is 2.40. The lowest BCUT2D eigenvalue weighted by molar-refractivity contribution is 0.0702. The van der Waals surface area contributed by atoms with Crippen molar-refractivity contribution in [3.63, 3.8) is 0 Å². The van der Waals surface area contributed by atoms with E-state index in [2.05, 4.69) is 6.92 Å². The second-order valence-electron chi connectivity index (χ2n) is 5.48. The second-order valence-corrected chi connectivity index (χ2v) is 8.22. The van der Waals surface area contributed by atoms with Crippen LogP contribution in [0.15, 0.2) is 0 Å². The summed E-state index contributed by atoms with van der Waals surface area (Å²) in [6.07, 6.45) is 8.51. The monoisotopic (exact) mass is 319 g/mol. The summed E-state index contributed by atoms with van der Waals surface area (Å²) >= 11 is 0. The molecule has 0 aliphatic carbocycles. The van der Waals surface area contributed by atoms with Gasteiger partial charge in [-0.05, 0) is 33.6 Å². The maximum atomic E-state index is 6.24. The van der Waals surface area contributed by atoms with E-state index < -0.39 is 8.80 Å². The van der Waals surface area contributed by atoms with Gasteiger partial charge < -0.3 is 19.0 Å². The van der Waals surface area contributed by atoms with E-state index in [1.165, 1.54) is 32.1 Å². The van der Waals surface area contributed by atoms with E-state index in [-0.39, 0.29) is 6.04 Å². The standard InChI is InChI=1S/C16H37NO3Si/c1-5-9-10-11-12-13-16(17)14-15-21(18-6-2,19-7-3)20-8-4/h16H,5-15,17H2,1-4H3. The van der Waals surface area contributed by atoms with Gasteiger partial charge in [0.25, 0.3) is 0 Å². The average Bonchev–Trinajstić information content (AvgIpc) is 2.46. The molecule has 5 heteroatoms. The minimum atomic E-state index is -2.50. The number of rotatable bonds is 15. The van der Waals surface area contributed by atoms with Crippen LogP contribution in [0.1, 0.15) is 72.6 Å². The van der Waals surface area contributed by atoms with Crippen LogP contribution < -0.4 is 5.73 Å². The molecular weight excluding hydrogens is 282 g/mol. The second kappa shape index (κ2) is 13.7. The number of unbranched alkanes of at least 4 members (excludes halogenated alkanes) is 4. The van der Waals surface area contributed by atoms with Crippen molar-refractivity contribution in [3.05, 3.63) is 0 Å². The zero-order chi connectivity index (χ0) is 16.0. The SMILES string of the molecule is CCCCCCCC(N)CC[Si](OCC)(OCC)OCC. The molecule has 0 aromatic rings. The highest BCUT2D eigenvalue weighted by molar-refractivity contribution is 6.60. The fourth-order valence-electron chi connectivity index (χ4n) is 2.52. The van der Waals surface area contributed by atoms with Gasteiger partial charge in [0.15, 0.2) is 0 Å². The van der Waals surface area contributed by atoms with E-state index in [0.717, 1.165) is 18.9 Å². The van der Waals surface area contributed by atoms with Gasteiger partial charge in [0.05, 0.1) is 0 Å². The Labute approximate surface area is 133 Å². The molecule has 2 N–H and O–H groups in total. The zero-order valence-corrected chi connectivity index (χ0v) is 15.7. The third kappa shape index (κ3) is 10.4. The van der Waals surface area contributed by atoms with Gasteiger partial charge in [-0.25, -0.2) is 0 Å². The Balaban J connectivity index is 4.08. The van der Waals surface area contributed by atoms with Crippen LogP contribution in [0.4, 0.5) is 0 Å². The van der Waals surface area contributed by atoms with Crippen LogP contribution in [0.2, 0.25) is 6.04 Å². The summed E-state index contributed by atoms with van der Waals surface area (Å²) in [5.74, 6) is 0. The van der Waals surface area contributed by atoms with Gasteiger partial charge in [0.1, 0.15) is 0 Å². The van der Waals surface area contributed by atoms with E-state index in [4.69, 9.17) is 19.0 Å². The molecule has 0 radical (unpaired) electrons. The molecule has 0 rings (SSSR count). The van der Waals surface area contributed by atoms with Crippen molar-refractivity contribution in [1.82, 2.24) is 0 Å². The van der Waals surface area contributed by atoms with Crippen molar-refractivity contribution in [2.75, 3.05) is 19.8 Å². The summed E-state index contributed by atoms with van der Waals surface area (Å²) in [5, 5.41) is 0. The highest BCUT2D eigenvalue weighted by atomic mass is 28.4. The Kier molecular flexibility index (Phi) is 13.7. The molecule has 21 heavy (non-hydrogen) atoms. The first-order valence-electron chi connectivity index (χ1n) is 8.81. The van der Waals surface area contributed by atoms with Crippen LogP contribution in [-0.4, -0.2) is 34.7 Å². The predicted octanol–water partition coefficient (Wildman–Crippen LogP) is 4.11. The fourth-order valence-corrected chi connectivity index (χ4v) is 5.24. The van der Waals surface area contributed by atoms with Gasteiger partial charge in [-0.2, -0.15) is 0 Å². The van der Waals surface area contributed by atoms with E-state index in [1.807, 2.05) is 20.8 Å². The van der Waals surface area contributed by atoms with Crippen molar-refractivity contribution in [1.29, 1.82) is 0 Å². The summed E-state index contributed by atoms with van der Waals surface area (Å²) in [4.78, 5) is 0. The smallest absolute Gasteiger partial charge is 0.374 e. The molecule has 0 bridgehead atoms. The van der Waals surface area contributed by atoms with Crippen LogP contribution in [-0.2, 0) is 13.3 Å². The van der Waals surface area contributed by atoms with E-state index in [1.54, 1.807) is 0 Å². The van der Waals surface area contributed by atoms with Crippen LogP contribution in [0.5, 0.6) is 0 Å². The molecular formula is C16H37NO3Si. The van der Waals surface area contributed by atoms with Crippen LogP contribution in [0.3, 0.4) is 0 Å². The van der Waals surface area contributed by atoms with Crippen molar-refractivity contribution >= 4 is 8.80 Å². The van der Waals surface area contributed by atoms with E-state index in [0.29, 0.717) is 19.8 Å². The first-order valence-corrected chi connectivity index (χ1v) is 10.7. The molecule has 128 valence electrons. The molecule has 0 heterocycles. The predicted molar refractivity (Wildman–Crippen MR) is 91.4 cm³/mol. The number of nitrogens with two attached hydrogens (primary N) is 1. The largest absolute Gasteiger partial charge is 0.500 e. The Hall–Kier alpha value is 0.0569. The van der Waals surface area contributed by atoms with E-state index >= 15 is 0 Å². The molecule has 0 aliphatic heterocycles. The minimum absolute atomic E-state index is 0.236. The zero-order valence-electron chi connectivity index (χ0n) is 14.7. The van der Waals surface area contributed by atoms with Gasteiger partial charge in [0, 0.05) is 31.9 Å². The molecule has 0 saturated heterocycles. The molecule has 0 aromatic heterocycles. The molecule has 0 aliphatic rings. The van der Waals surface area contributed by atoms with Gasteiger partial charge in [-0.15, -0.1) is 0 Å². The van der Waals surface area contributed by atoms with Crippen molar-refractivity contribution in [3.8, 4) is 0 Å². The third-order valence-electron chi connectivity index (χ3n) is 3.59. The van der Waals surface area contributed by atoms with Crippen LogP contribution >= 0.6 is 0 Å². The minimum Gasteiger partial charge on any atom is -0.374 e. The molecule has 0 spiro atoms. The summed E-state index contributed by atoms with van der Waals surface area (Å²) in [5.41, 5.74) is 6.24. The Bertz CT molecular complexity index is 213. The quantitative estimate of drug-likeness (QED) is 0.364. The summed E-state index contributed by atoms with van der Waals surface area (Å²) in [7, 11) is -2.50. The fraction of sp³-hybridized carbons (Fsp3) is 1.00. The molecule has 4 nitrogen and oxygen atoms in total. The van der Waals surface area contributed by atoms with Gasteiger partial charge in [0.2, 0.25) is 0 Å². The summed E-state index contributed by atoms with van der Waals surface area (Å²) < 4.78 is 17.6. The molecule has 0 amide bonds. The highest BCUT2D eigenvalue weighted by Crippen LogP contribution is 2.20. The Morgan fingerprint density at radius 2 is 1.29 bits per heavy atom. The first-order chi connectivity index (χ1) is 10.1. The lowest BCUT2D eigenvalue weighted by atomic mass is 10.1. The molecule has 1 atom stereocenters. The van der Waals surface area contributed by atoms with Crippen LogP contribution in [0, 0.1) is 0 Å². The van der Waals surface area contributed by atoms with Gasteiger partial charge in [-0.3, -0.25) is 0 Å². The number of hydrogen-bond acceptors (Lipinski definition) is 4. The topological polar surface area (TPSA) is 53.7 Å². The first kappa shape index (κ1) is 21.1. The maximum Gasteiger partial charge on any atom is 0.500 e. The molecule has 0 aromatic carbocycles. The maximum absolute atomic E-state index is 6.24. The lowest BCUT2D eigenvalue weighted by Gasteiger charge is -2.29.